The number of hydrogen-bond acceptors (Lipinski definition) is 8. The lowest BCUT2D eigenvalue weighted by Gasteiger charge is -2.22. The number of hydrogen-bond donors (Lipinski definition) is 7. The number of thioether (sulfide) groups is 1. The summed E-state index contributed by atoms with van der Waals surface area (Å²) in [6, 6.07) is -3.96. The molecular weight excluding hydrogens is 356 g/mol. The van der Waals surface area contributed by atoms with E-state index in [0.29, 0.717) is 5.75 Å². The number of carboxylic acid groups (broad SMARTS) is 1. The summed E-state index contributed by atoms with van der Waals surface area (Å²) in [5.74, 6) is -3.26. The lowest BCUT2D eigenvalue weighted by molar-refractivity contribution is -0.142. The van der Waals surface area contributed by atoms with Crippen LogP contribution in [0.3, 0.4) is 0 Å². The summed E-state index contributed by atoms with van der Waals surface area (Å²) in [5.41, 5.74) is 5.09. The van der Waals surface area contributed by atoms with Crippen LogP contribution in [-0.2, 0) is 19.2 Å². The highest BCUT2D eigenvalue weighted by molar-refractivity contribution is 7.98. The molecule has 0 aliphatic heterocycles. The highest BCUT2D eigenvalue weighted by atomic mass is 32.2. The summed E-state index contributed by atoms with van der Waals surface area (Å²) >= 11 is 1.40. The smallest absolute Gasteiger partial charge is 0.326 e. The molecule has 3 unspecified atom stereocenters. The van der Waals surface area contributed by atoms with Crippen LogP contribution in [-0.4, -0.2) is 88.9 Å². The lowest BCUT2D eigenvalue weighted by atomic mass is 10.2. The molecule has 0 heterocycles. The molecule has 11 nitrogen and oxygen atoms in total. The van der Waals surface area contributed by atoms with Crippen molar-refractivity contribution in [1.29, 1.82) is 0 Å². The van der Waals surface area contributed by atoms with Gasteiger partial charge in [0.2, 0.25) is 17.7 Å². The number of aliphatic carboxylic acids is 1. The van der Waals surface area contributed by atoms with Gasteiger partial charge in [0, 0.05) is 0 Å². The maximum atomic E-state index is 12.1. The van der Waals surface area contributed by atoms with Crippen LogP contribution in [0.25, 0.3) is 0 Å². The van der Waals surface area contributed by atoms with Gasteiger partial charge in [-0.05, 0) is 18.4 Å². The highest BCUT2D eigenvalue weighted by Crippen LogP contribution is 2.01. The van der Waals surface area contributed by atoms with Crippen molar-refractivity contribution in [3.8, 4) is 0 Å². The Bertz CT molecular complexity index is 477. The van der Waals surface area contributed by atoms with Crippen LogP contribution in [0, 0.1) is 0 Å². The molecule has 144 valence electrons. The van der Waals surface area contributed by atoms with Crippen molar-refractivity contribution in [3.63, 3.8) is 0 Å². The van der Waals surface area contributed by atoms with Gasteiger partial charge in [-0.15, -0.1) is 0 Å². The molecule has 3 amide bonds. The van der Waals surface area contributed by atoms with E-state index in [9.17, 15) is 24.3 Å². The van der Waals surface area contributed by atoms with Crippen LogP contribution in [0.4, 0.5) is 0 Å². The molecule has 0 rings (SSSR count). The number of carboxylic acids is 1. The van der Waals surface area contributed by atoms with Crippen molar-refractivity contribution in [3.05, 3.63) is 0 Å². The zero-order valence-electron chi connectivity index (χ0n) is 13.7. The fraction of sp³-hybridized carbons (Fsp3) is 0.692. The zero-order valence-corrected chi connectivity index (χ0v) is 14.5. The summed E-state index contributed by atoms with van der Waals surface area (Å²) in [6.07, 6.45) is 1.95. The summed E-state index contributed by atoms with van der Waals surface area (Å²) < 4.78 is 0. The van der Waals surface area contributed by atoms with Gasteiger partial charge in [0.1, 0.15) is 18.1 Å². The maximum absolute atomic E-state index is 12.1. The lowest BCUT2D eigenvalue weighted by Crippen LogP contribution is -2.58. The van der Waals surface area contributed by atoms with Gasteiger partial charge in [-0.25, -0.2) is 4.79 Å². The Labute approximate surface area is 148 Å². The third-order valence-electron chi connectivity index (χ3n) is 3.06. The van der Waals surface area contributed by atoms with E-state index >= 15 is 0 Å². The minimum atomic E-state index is -1.44. The van der Waals surface area contributed by atoms with E-state index in [0.717, 1.165) is 0 Å². The first kappa shape index (κ1) is 23.1. The first-order valence-electron chi connectivity index (χ1n) is 7.34. The van der Waals surface area contributed by atoms with Crippen LogP contribution >= 0.6 is 11.8 Å². The average molecular weight is 380 g/mol. The number of carbonyl (C=O) groups is 4. The van der Waals surface area contributed by atoms with Gasteiger partial charge in [0.25, 0.3) is 0 Å². The van der Waals surface area contributed by atoms with E-state index in [1.54, 1.807) is 6.26 Å². The molecule has 12 heteroatoms. The molecular formula is C13H24N4O7S. The summed E-state index contributed by atoms with van der Waals surface area (Å²) in [4.78, 5) is 46.3. The number of amides is 3. The van der Waals surface area contributed by atoms with Gasteiger partial charge in [0.15, 0.2) is 0 Å². The molecule has 0 aromatic heterocycles. The number of nitrogens with one attached hydrogen (secondary N) is 3. The molecule has 0 aromatic carbocycles. The van der Waals surface area contributed by atoms with Crippen LogP contribution in [0.2, 0.25) is 0 Å². The molecule has 0 fully saturated rings. The van der Waals surface area contributed by atoms with Gasteiger partial charge in [-0.1, -0.05) is 0 Å². The second kappa shape index (κ2) is 12.5. The van der Waals surface area contributed by atoms with Crippen LogP contribution in [0.15, 0.2) is 0 Å². The molecule has 0 aliphatic carbocycles. The largest absolute Gasteiger partial charge is 0.480 e. The van der Waals surface area contributed by atoms with Gasteiger partial charge < -0.3 is 37.0 Å². The molecule has 0 saturated heterocycles. The van der Waals surface area contributed by atoms with Crippen LogP contribution in [0.1, 0.15) is 6.42 Å². The van der Waals surface area contributed by atoms with E-state index in [-0.39, 0.29) is 6.42 Å². The zero-order chi connectivity index (χ0) is 19.4. The third-order valence-corrected chi connectivity index (χ3v) is 3.70. The van der Waals surface area contributed by atoms with Gasteiger partial charge in [0.05, 0.1) is 19.8 Å². The number of nitrogens with two attached hydrogens (primary N) is 1. The molecule has 0 aromatic rings. The van der Waals surface area contributed by atoms with Gasteiger partial charge >= 0.3 is 5.97 Å². The fourth-order valence-corrected chi connectivity index (χ4v) is 2.15. The predicted molar refractivity (Wildman–Crippen MR) is 89.7 cm³/mol. The number of rotatable bonds is 12. The number of aliphatic hydroxyl groups excluding tert-OH is 2. The second-order valence-corrected chi connectivity index (χ2v) is 5.92. The van der Waals surface area contributed by atoms with E-state index in [4.69, 9.17) is 15.9 Å². The van der Waals surface area contributed by atoms with E-state index < -0.39 is 61.6 Å². The summed E-state index contributed by atoms with van der Waals surface area (Å²) in [6.45, 7) is -1.94. The SMILES string of the molecule is CSCCC(NC(=O)C(CO)NC(=O)C(CO)NC(=O)CN)C(=O)O. The first-order chi connectivity index (χ1) is 11.8. The molecule has 8 N–H and O–H groups in total. The molecule has 0 spiro atoms. The monoisotopic (exact) mass is 380 g/mol. The van der Waals surface area contributed by atoms with Gasteiger partial charge in [-0.2, -0.15) is 11.8 Å². The van der Waals surface area contributed by atoms with E-state index in [1.165, 1.54) is 11.8 Å². The molecule has 3 atom stereocenters. The Kier molecular flexibility index (Phi) is 11.5. The number of carbonyl (C=O) groups excluding carboxylic acids is 3. The maximum Gasteiger partial charge on any atom is 0.326 e. The second-order valence-electron chi connectivity index (χ2n) is 4.93. The fourth-order valence-electron chi connectivity index (χ4n) is 1.68. The summed E-state index contributed by atoms with van der Waals surface area (Å²) in [5, 5.41) is 33.9. The standard InChI is InChI=1S/C13H24N4O7S/c1-25-3-2-7(13(23)24)16-12(22)9(6-19)17-11(21)8(5-18)15-10(20)4-14/h7-9,18-19H,2-6,14H2,1H3,(H,15,20)(H,16,22)(H,17,21)(H,23,24). The normalized spacial score (nSPS) is 14.1. The summed E-state index contributed by atoms with van der Waals surface area (Å²) in [7, 11) is 0. The number of aliphatic hydroxyl groups is 2. The molecule has 0 bridgehead atoms. The minimum absolute atomic E-state index is 0.167. The molecule has 0 saturated carbocycles. The van der Waals surface area contributed by atoms with Crippen molar-refractivity contribution in [2.45, 2.75) is 24.5 Å². The highest BCUT2D eigenvalue weighted by Gasteiger charge is 2.28. The van der Waals surface area contributed by atoms with Crippen LogP contribution < -0.4 is 21.7 Å². The predicted octanol–water partition coefficient (Wildman–Crippen LogP) is -3.78. The van der Waals surface area contributed by atoms with E-state index in [2.05, 4.69) is 16.0 Å². The Hall–Kier alpha value is -1.89. The van der Waals surface area contributed by atoms with Crippen molar-refractivity contribution in [1.82, 2.24) is 16.0 Å². The Morgan fingerprint density at radius 2 is 1.44 bits per heavy atom. The first-order valence-corrected chi connectivity index (χ1v) is 8.73. The van der Waals surface area contributed by atoms with Crippen LogP contribution in [0.5, 0.6) is 0 Å². The van der Waals surface area contributed by atoms with Gasteiger partial charge in [-0.3, -0.25) is 14.4 Å². The Balaban J connectivity index is 4.83. The van der Waals surface area contributed by atoms with Crippen molar-refractivity contribution >= 4 is 35.5 Å². The quantitative estimate of drug-likeness (QED) is 0.178. The minimum Gasteiger partial charge on any atom is -0.480 e. The van der Waals surface area contributed by atoms with Crippen molar-refractivity contribution < 1.29 is 34.5 Å². The van der Waals surface area contributed by atoms with Crippen molar-refractivity contribution in [2.75, 3.05) is 31.8 Å². The topological polar surface area (TPSA) is 191 Å². The molecule has 0 aliphatic rings. The Morgan fingerprint density at radius 1 is 0.960 bits per heavy atom. The van der Waals surface area contributed by atoms with E-state index in [1.807, 2.05) is 0 Å². The average Bonchev–Trinajstić information content (AvgIpc) is 2.59. The Morgan fingerprint density at radius 3 is 1.84 bits per heavy atom. The molecule has 0 radical (unpaired) electrons. The molecule has 25 heavy (non-hydrogen) atoms. The third kappa shape index (κ3) is 8.67. The van der Waals surface area contributed by atoms with Crippen molar-refractivity contribution in [2.24, 2.45) is 5.73 Å².